The average molecular weight is 377 g/mol. The van der Waals surface area contributed by atoms with Crippen molar-refractivity contribution in [3.63, 3.8) is 0 Å². The van der Waals surface area contributed by atoms with Gasteiger partial charge in [0.2, 0.25) is 5.78 Å². The molecule has 0 atom stereocenters. The third kappa shape index (κ3) is 3.31. The highest BCUT2D eigenvalue weighted by Crippen LogP contribution is 2.22. The van der Waals surface area contributed by atoms with E-state index in [4.69, 9.17) is 0 Å². The number of amides is 1. The Kier molecular flexibility index (Phi) is 4.65. The highest BCUT2D eigenvalue weighted by atomic mass is 32.1. The van der Waals surface area contributed by atoms with E-state index in [0.29, 0.717) is 22.5 Å². The van der Waals surface area contributed by atoms with Crippen molar-refractivity contribution in [1.29, 1.82) is 0 Å². The fraction of sp³-hybridized carbons (Fsp3) is 0.0476. The van der Waals surface area contributed by atoms with Crippen LogP contribution in [0, 0.1) is 0 Å². The van der Waals surface area contributed by atoms with Gasteiger partial charge in [0.05, 0.1) is 11.4 Å². The molecule has 0 spiro atoms. The van der Waals surface area contributed by atoms with Crippen molar-refractivity contribution in [2.24, 2.45) is 0 Å². The smallest absolute Gasteiger partial charge is 0.252 e. The van der Waals surface area contributed by atoms with Crippen LogP contribution >= 0.6 is 22.7 Å². The minimum atomic E-state index is -0.110. The summed E-state index contributed by atoms with van der Waals surface area (Å²) >= 11 is 2.93. The van der Waals surface area contributed by atoms with Crippen LogP contribution in [0.15, 0.2) is 71.4 Å². The van der Waals surface area contributed by atoms with Gasteiger partial charge in [-0.15, -0.1) is 11.3 Å². The third-order valence-corrected chi connectivity index (χ3v) is 5.89. The largest absolute Gasteiger partial charge is 0.347 e. The summed E-state index contributed by atoms with van der Waals surface area (Å²) in [4.78, 5) is 26.6. The number of hydrogen-bond acceptors (Lipinski definition) is 4. The molecule has 2 heterocycles. The molecule has 4 aromatic rings. The first-order chi connectivity index (χ1) is 12.7. The van der Waals surface area contributed by atoms with Crippen molar-refractivity contribution < 1.29 is 9.59 Å². The van der Waals surface area contributed by atoms with Crippen molar-refractivity contribution in [1.82, 2.24) is 5.32 Å². The van der Waals surface area contributed by atoms with E-state index in [0.717, 1.165) is 15.6 Å². The number of carbonyl (C=O) groups is 2. The first-order valence-electron chi connectivity index (χ1n) is 8.14. The lowest BCUT2D eigenvalue weighted by atomic mass is 10.0. The number of carbonyl (C=O) groups excluding carboxylic acids is 2. The van der Waals surface area contributed by atoms with Crippen molar-refractivity contribution in [3.05, 3.63) is 92.3 Å². The summed E-state index contributed by atoms with van der Waals surface area (Å²) in [7, 11) is 0. The maximum absolute atomic E-state index is 12.6. The van der Waals surface area contributed by atoms with Crippen molar-refractivity contribution >= 4 is 45.1 Å². The van der Waals surface area contributed by atoms with Gasteiger partial charge in [0.15, 0.2) is 0 Å². The van der Waals surface area contributed by atoms with E-state index in [-0.39, 0.29) is 11.7 Å². The molecule has 128 valence electrons. The highest BCUT2D eigenvalue weighted by Gasteiger charge is 2.13. The molecule has 2 aromatic carbocycles. The van der Waals surface area contributed by atoms with Crippen LogP contribution in [0.25, 0.3) is 10.8 Å². The zero-order valence-electron chi connectivity index (χ0n) is 13.8. The number of benzene rings is 2. The highest BCUT2D eigenvalue weighted by molar-refractivity contribution is 7.14. The molecule has 0 aliphatic heterocycles. The first-order valence-corrected chi connectivity index (χ1v) is 9.90. The summed E-state index contributed by atoms with van der Waals surface area (Å²) in [5.41, 5.74) is 1.37. The van der Waals surface area contributed by atoms with Crippen LogP contribution in [-0.2, 0) is 6.54 Å². The molecule has 4 rings (SSSR count). The van der Waals surface area contributed by atoms with Gasteiger partial charge in [-0.3, -0.25) is 9.59 Å². The van der Waals surface area contributed by atoms with Crippen LogP contribution in [-0.4, -0.2) is 11.7 Å². The second-order valence-electron chi connectivity index (χ2n) is 5.82. The molecule has 2 aromatic heterocycles. The maximum Gasteiger partial charge on any atom is 0.252 e. The van der Waals surface area contributed by atoms with Gasteiger partial charge in [0, 0.05) is 21.4 Å². The number of hydrogen-bond donors (Lipinski definition) is 1. The molecule has 0 bridgehead atoms. The van der Waals surface area contributed by atoms with Gasteiger partial charge < -0.3 is 5.32 Å². The summed E-state index contributed by atoms with van der Waals surface area (Å²) in [6.07, 6.45) is 0. The van der Waals surface area contributed by atoms with E-state index < -0.39 is 0 Å². The predicted octanol–water partition coefficient (Wildman–Crippen LogP) is 5.12. The molecular weight excluding hydrogens is 362 g/mol. The van der Waals surface area contributed by atoms with Crippen LogP contribution < -0.4 is 5.32 Å². The Hall–Kier alpha value is -2.76. The van der Waals surface area contributed by atoms with Gasteiger partial charge >= 0.3 is 0 Å². The van der Waals surface area contributed by atoms with E-state index in [1.54, 1.807) is 0 Å². The number of thiophene rings is 2. The van der Waals surface area contributed by atoms with Crippen LogP contribution in [0.3, 0.4) is 0 Å². The average Bonchev–Trinajstić information content (AvgIpc) is 3.37. The van der Waals surface area contributed by atoms with Crippen LogP contribution in [0.1, 0.15) is 30.5 Å². The number of fused-ring (bicyclic) bond motifs is 1. The first kappa shape index (κ1) is 16.7. The van der Waals surface area contributed by atoms with Gasteiger partial charge in [-0.25, -0.2) is 0 Å². The fourth-order valence-electron chi connectivity index (χ4n) is 2.82. The third-order valence-electron chi connectivity index (χ3n) is 4.13. The van der Waals surface area contributed by atoms with Gasteiger partial charge in [0.1, 0.15) is 0 Å². The Morgan fingerprint density at radius 2 is 1.77 bits per heavy atom. The molecule has 1 amide bonds. The van der Waals surface area contributed by atoms with Gasteiger partial charge in [0.25, 0.3) is 5.91 Å². The maximum atomic E-state index is 12.6. The molecule has 0 aliphatic rings. The Bertz CT molecular complexity index is 1080. The van der Waals surface area contributed by atoms with E-state index in [1.807, 2.05) is 71.4 Å². The summed E-state index contributed by atoms with van der Waals surface area (Å²) in [5.74, 6) is -0.0798. The zero-order chi connectivity index (χ0) is 17.9. The minimum absolute atomic E-state index is 0.0304. The molecule has 0 aliphatic carbocycles. The molecular formula is C21H15NO2S2. The molecule has 5 heteroatoms. The van der Waals surface area contributed by atoms with Crippen LogP contribution in [0.5, 0.6) is 0 Å². The Balaban J connectivity index is 1.47. The van der Waals surface area contributed by atoms with Gasteiger partial charge in [-0.2, -0.15) is 11.3 Å². The number of nitrogens with one attached hydrogen (secondary N) is 1. The minimum Gasteiger partial charge on any atom is -0.347 e. The Labute approximate surface area is 158 Å². The van der Waals surface area contributed by atoms with Crippen molar-refractivity contribution in [3.8, 4) is 0 Å². The summed E-state index contributed by atoms with van der Waals surface area (Å²) in [5, 5.41) is 8.68. The molecule has 0 fully saturated rings. The fourth-order valence-corrected chi connectivity index (χ4v) is 4.36. The van der Waals surface area contributed by atoms with Crippen molar-refractivity contribution in [2.75, 3.05) is 0 Å². The standard InChI is InChI=1S/C21H15NO2S2/c23-20(15-10-11-25-13-15)19-9-8-16(26-19)12-22-21(24)18-7-3-5-14-4-1-2-6-17(14)18/h1-11,13H,12H2,(H,22,24). The molecule has 0 saturated carbocycles. The molecule has 3 nitrogen and oxygen atoms in total. The molecule has 26 heavy (non-hydrogen) atoms. The zero-order valence-corrected chi connectivity index (χ0v) is 15.4. The SMILES string of the molecule is O=C(c1ccsc1)c1ccc(CNC(=O)c2cccc3ccccc23)s1. The Morgan fingerprint density at radius 1 is 0.923 bits per heavy atom. The summed E-state index contributed by atoms with van der Waals surface area (Å²) < 4.78 is 0. The summed E-state index contributed by atoms with van der Waals surface area (Å²) in [6.45, 7) is 0.406. The van der Waals surface area contributed by atoms with E-state index in [1.165, 1.54) is 22.7 Å². The van der Waals surface area contributed by atoms with E-state index >= 15 is 0 Å². The molecule has 0 radical (unpaired) electrons. The van der Waals surface area contributed by atoms with E-state index in [2.05, 4.69) is 5.32 Å². The van der Waals surface area contributed by atoms with Crippen LogP contribution in [0.4, 0.5) is 0 Å². The Morgan fingerprint density at radius 3 is 2.62 bits per heavy atom. The van der Waals surface area contributed by atoms with E-state index in [9.17, 15) is 9.59 Å². The quantitative estimate of drug-likeness (QED) is 0.491. The lowest BCUT2D eigenvalue weighted by Crippen LogP contribution is -2.22. The van der Waals surface area contributed by atoms with Crippen LogP contribution in [0.2, 0.25) is 0 Å². The number of rotatable bonds is 5. The molecule has 1 N–H and O–H groups in total. The van der Waals surface area contributed by atoms with Crippen molar-refractivity contribution in [2.45, 2.75) is 6.54 Å². The second kappa shape index (κ2) is 7.23. The second-order valence-corrected chi connectivity index (χ2v) is 7.76. The lowest BCUT2D eigenvalue weighted by molar-refractivity contribution is 0.0952. The lowest BCUT2D eigenvalue weighted by Gasteiger charge is -2.07. The normalized spacial score (nSPS) is 10.8. The molecule has 0 saturated heterocycles. The molecule has 0 unspecified atom stereocenters. The van der Waals surface area contributed by atoms with Gasteiger partial charge in [-0.1, -0.05) is 36.4 Å². The predicted molar refractivity (Wildman–Crippen MR) is 107 cm³/mol. The monoisotopic (exact) mass is 377 g/mol. The number of ketones is 1. The topological polar surface area (TPSA) is 46.2 Å². The summed E-state index contributed by atoms with van der Waals surface area (Å²) in [6, 6.07) is 19.1. The van der Waals surface area contributed by atoms with Gasteiger partial charge in [-0.05, 0) is 40.4 Å².